The lowest BCUT2D eigenvalue weighted by Crippen LogP contribution is -2.43. The summed E-state index contributed by atoms with van der Waals surface area (Å²) in [7, 11) is -5.68. The molecule has 1 atom stereocenters. The number of carbonyl (C=O) groups is 2. The van der Waals surface area contributed by atoms with Gasteiger partial charge in [0.25, 0.3) is 15.9 Å². The molecule has 2 aromatic rings. The quantitative estimate of drug-likeness (QED) is 0.513. The highest BCUT2D eigenvalue weighted by atomic mass is 32.2. The van der Waals surface area contributed by atoms with Crippen LogP contribution < -0.4 is 4.31 Å². The minimum atomic E-state index is -3.93. The van der Waals surface area contributed by atoms with Gasteiger partial charge in [0, 0.05) is 19.6 Å². The number of nitrogens with zero attached hydrogens (tertiary/aromatic N) is 2. The second kappa shape index (κ2) is 9.92. The smallest absolute Gasteiger partial charge is 0.338 e. The lowest BCUT2D eigenvalue weighted by molar-refractivity contribution is -0.136. The molecule has 9 nitrogen and oxygen atoms in total. The molecule has 1 aliphatic heterocycles. The fourth-order valence-corrected chi connectivity index (χ4v) is 6.64. The molecule has 11 heteroatoms. The molecular formula is C22H26N2O7S2. The maximum absolute atomic E-state index is 13.0. The summed E-state index contributed by atoms with van der Waals surface area (Å²) < 4.78 is 55.6. The molecule has 0 saturated carbocycles. The Morgan fingerprint density at radius 2 is 1.79 bits per heavy atom. The van der Waals surface area contributed by atoms with Gasteiger partial charge in [-0.05, 0) is 43.7 Å². The third-order valence-corrected chi connectivity index (χ3v) is 9.02. The van der Waals surface area contributed by atoms with E-state index in [9.17, 15) is 26.4 Å². The molecule has 0 spiro atoms. The van der Waals surface area contributed by atoms with Crippen LogP contribution in [0.15, 0.2) is 59.5 Å². The number of hydrogen-bond donors (Lipinski definition) is 0. The van der Waals surface area contributed by atoms with E-state index < -0.39 is 44.4 Å². The van der Waals surface area contributed by atoms with Crippen molar-refractivity contribution >= 4 is 37.4 Å². The molecule has 1 saturated heterocycles. The summed E-state index contributed by atoms with van der Waals surface area (Å²) in [5, 5.41) is 0. The van der Waals surface area contributed by atoms with Gasteiger partial charge in [-0.15, -0.1) is 0 Å². The SMILES string of the molecule is CCN(C(=O)COC(=O)c1cccc(S(=O)(=O)N(C)c2ccccc2)c1)C1CCS(=O)(=O)C1. The summed E-state index contributed by atoms with van der Waals surface area (Å²) in [4.78, 5) is 26.3. The molecule has 1 fully saturated rings. The topological polar surface area (TPSA) is 118 Å². The Morgan fingerprint density at radius 1 is 1.09 bits per heavy atom. The van der Waals surface area contributed by atoms with Crippen LogP contribution in [-0.2, 0) is 29.4 Å². The first kappa shape index (κ1) is 24.7. The standard InChI is InChI=1S/C22H26N2O7S2/c1-3-24(19-12-13-32(27,28)16-19)21(25)15-31-22(26)17-8-7-11-20(14-17)33(29,30)23(2)18-9-5-4-6-10-18/h4-11,14,19H,3,12-13,15-16H2,1-2H3. The van der Waals surface area contributed by atoms with Gasteiger partial charge in [-0.3, -0.25) is 9.10 Å². The first-order chi connectivity index (χ1) is 15.5. The number of ether oxygens (including phenoxy) is 1. The maximum Gasteiger partial charge on any atom is 0.338 e. The number of hydrogen-bond acceptors (Lipinski definition) is 7. The predicted molar refractivity (Wildman–Crippen MR) is 123 cm³/mol. The van der Waals surface area contributed by atoms with Crippen molar-refractivity contribution in [1.82, 2.24) is 4.90 Å². The average molecular weight is 495 g/mol. The number of likely N-dealkylation sites (N-methyl/N-ethyl adjacent to an activating group) is 1. The lowest BCUT2D eigenvalue weighted by Gasteiger charge is -2.26. The van der Waals surface area contributed by atoms with Crippen molar-refractivity contribution in [3.63, 3.8) is 0 Å². The van der Waals surface area contributed by atoms with Gasteiger partial charge in [-0.2, -0.15) is 0 Å². The molecule has 3 rings (SSSR count). The molecule has 0 bridgehead atoms. The third-order valence-electron chi connectivity index (χ3n) is 5.48. The zero-order valence-electron chi connectivity index (χ0n) is 18.4. The van der Waals surface area contributed by atoms with Gasteiger partial charge in [-0.25, -0.2) is 21.6 Å². The summed E-state index contributed by atoms with van der Waals surface area (Å²) in [5.41, 5.74) is 0.446. The van der Waals surface area contributed by atoms with E-state index in [0.29, 0.717) is 12.1 Å². The fraction of sp³-hybridized carbons (Fsp3) is 0.364. The Labute approximate surface area is 193 Å². The van der Waals surface area contributed by atoms with Crippen LogP contribution in [0.2, 0.25) is 0 Å². The first-order valence-electron chi connectivity index (χ1n) is 10.4. The van der Waals surface area contributed by atoms with Crippen molar-refractivity contribution in [2.24, 2.45) is 0 Å². The number of anilines is 1. The van der Waals surface area contributed by atoms with E-state index in [4.69, 9.17) is 4.74 Å². The molecule has 1 aliphatic rings. The van der Waals surface area contributed by atoms with Crippen molar-refractivity contribution in [3.05, 3.63) is 60.2 Å². The molecule has 0 N–H and O–H groups in total. The number of benzene rings is 2. The Bertz CT molecular complexity index is 1230. The number of amides is 1. The number of rotatable bonds is 8. The van der Waals surface area contributed by atoms with E-state index in [0.717, 1.165) is 4.31 Å². The van der Waals surface area contributed by atoms with Crippen LogP contribution in [0.4, 0.5) is 5.69 Å². The molecule has 0 aromatic heterocycles. The van der Waals surface area contributed by atoms with E-state index in [1.54, 1.807) is 37.3 Å². The van der Waals surface area contributed by atoms with E-state index in [1.807, 2.05) is 0 Å². The Balaban J connectivity index is 1.69. The zero-order valence-corrected chi connectivity index (χ0v) is 20.0. The summed E-state index contributed by atoms with van der Waals surface area (Å²) >= 11 is 0. The number of esters is 1. The Morgan fingerprint density at radius 3 is 2.39 bits per heavy atom. The average Bonchev–Trinajstić information content (AvgIpc) is 3.17. The molecule has 33 heavy (non-hydrogen) atoms. The van der Waals surface area contributed by atoms with E-state index >= 15 is 0 Å². The molecule has 2 aromatic carbocycles. The van der Waals surface area contributed by atoms with Crippen molar-refractivity contribution in [1.29, 1.82) is 0 Å². The molecule has 1 unspecified atom stereocenters. The van der Waals surface area contributed by atoms with E-state index in [1.165, 1.54) is 36.2 Å². The third kappa shape index (κ3) is 5.72. The van der Waals surface area contributed by atoms with Gasteiger partial charge in [0.15, 0.2) is 16.4 Å². The van der Waals surface area contributed by atoms with Crippen LogP contribution in [-0.4, -0.2) is 71.4 Å². The molecular weight excluding hydrogens is 468 g/mol. The zero-order chi connectivity index (χ0) is 24.2. The Hall–Kier alpha value is -2.92. The summed E-state index contributed by atoms with van der Waals surface area (Å²) in [5.74, 6) is -1.42. The van der Waals surface area contributed by atoms with Gasteiger partial charge >= 0.3 is 5.97 Å². The maximum atomic E-state index is 13.0. The summed E-state index contributed by atoms with van der Waals surface area (Å²) in [6.07, 6.45) is 0.352. The summed E-state index contributed by atoms with van der Waals surface area (Å²) in [6.45, 7) is 1.45. The molecule has 1 amide bonds. The fourth-order valence-electron chi connectivity index (χ4n) is 3.67. The second-order valence-corrected chi connectivity index (χ2v) is 11.8. The van der Waals surface area contributed by atoms with Crippen molar-refractivity contribution in [2.45, 2.75) is 24.3 Å². The largest absolute Gasteiger partial charge is 0.452 e. The van der Waals surface area contributed by atoms with Crippen LogP contribution in [0.25, 0.3) is 0 Å². The van der Waals surface area contributed by atoms with Gasteiger partial charge in [0.2, 0.25) is 0 Å². The van der Waals surface area contributed by atoms with Crippen molar-refractivity contribution in [3.8, 4) is 0 Å². The van der Waals surface area contributed by atoms with E-state index in [2.05, 4.69) is 0 Å². The lowest BCUT2D eigenvalue weighted by atomic mass is 10.2. The van der Waals surface area contributed by atoms with Crippen LogP contribution in [0.3, 0.4) is 0 Å². The highest BCUT2D eigenvalue weighted by molar-refractivity contribution is 7.92. The number of para-hydroxylation sites is 1. The molecule has 0 aliphatic carbocycles. The number of sulfonamides is 1. The first-order valence-corrected chi connectivity index (χ1v) is 13.6. The van der Waals surface area contributed by atoms with Crippen LogP contribution in [0.1, 0.15) is 23.7 Å². The van der Waals surface area contributed by atoms with Crippen LogP contribution in [0, 0.1) is 0 Å². The van der Waals surface area contributed by atoms with Gasteiger partial charge < -0.3 is 9.64 Å². The van der Waals surface area contributed by atoms with Crippen LogP contribution >= 0.6 is 0 Å². The number of carbonyl (C=O) groups excluding carboxylic acids is 2. The molecule has 1 heterocycles. The van der Waals surface area contributed by atoms with Gasteiger partial charge in [0.05, 0.1) is 27.7 Å². The Kier molecular flexibility index (Phi) is 7.43. The summed E-state index contributed by atoms with van der Waals surface area (Å²) in [6, 6.07) is 13.5. The minimum absolute atomic E-state index is 0.0168. The minimum Gasteiger partial charge on any atom is -0.452 e. The number of sulfone groups is 1. The molecule has 178 valence electrons. The van der Waals surface area contributed by atoms with Crippen LogP contribution in [0.5, 0.6) is 0 Å². The highest BCUT2D eigenvalue weighted by Crippen LogP contribution is 2.23. The second-order valence-electron chi connectivity index (χ2n) is 7.65. The van der Waals surface area contributed by atoms with Gasteiger partial charge in [-0.1, -0.05) is 24.3 Å². The van der Waals surface area contributed by atoms with Gasteiger partial charge in [0.1, 0.15) is 0 Å². The van der Waals surface area contributed by atoms with Crippen molar-refractivity contribution < 1.29 is 31.2 Å². The predicted octanol–water partition coefficient (Wildman–Crippen LogP) is 1.70. The normalized spacial score (nSPS) is 17.3. The highest BCUT2D eigenvalue weighted by Gasteiger charge is 2.34. The van der Waals surface area contributed by atoms with Crippen molar-refractivity contribution in [2.75, 3.05) is 36.0 Å². The van der Waals surface area contributed by atoms with E-state index in [-0.39, 0.29) is 28.5 Å². The molecule has 0 radical (unpaired) electrons. The monoisotopic (exact) mass is 494 g/mol.